The lowest BCUT2D eigenvalue weighted by molar-refractivity contribution is 0.0161. The molecule has 188 valence electrons. The molecule has 0 saturated carbocycles. The van der Waals surface area contributed by atoms with Gasteiger partial charge < -0.3 is 24.4 Å². The molecule has 2 aliphatic rings. The summed E-state index contributed by atoms with van der Waals surface area (Å²) in [6.07, 6.45) is -1.84. The molecule has 1 atom stereocenters. The third-order valence-corrected chi connectivity index (χ3v) is 5.37. The standard InChI is InChI=1S/C21H29F2N5O5S/c1-21(2,3)33-20(30)28-8-7-26(6-5-25-28)17-15(22)9-13(10-16(17)23)27-12-14(32-19(27)29)11-24-18(34)31-4/h9-10,14,25H,5-8,11-12H2,1-4H3,(H,24,34)/t14-/m0/s1. The van der Waals surface area contributed by atoms with Crippen LogP contribution >= 0.6 is 12.2 Å². The highest BCUT2D eigenvalue weighted by Gasteiger charge is 2.34. The first kappa shape index (κ1) is 25.7. The highest BCUT2D eigenvalue weighted by molar-refractivity contribution is 7.80. The fourth-order valence-corrected chi connectivity index (χ4v) is 3.63. The Balaban J connectivity index is 1.68. The second kappa shape index (κ2) is 10.6. The van der Waals surface area contributed by atoms with Crippen LogP contribution in [0.3, 0.4) is 0 Å². The van der Waals surface area contributed by atoms with Crippen LogP contribution in [0.2, 0.25) is 0 Å². The van der Waals surface area contributed by atoms with Gasteiger partial charge in [-0.3, -0.25) is 4.90 Å². The van der Waals surface area contributed by atoms with E-state index < -0.39 is 35.5 Å². The van der Waals surface area contributed by atoms with Gasteiger partial charge in [0.2, 0.25) is 0 Å². The molecule has 34 heavy (non-hydrogen) atoms. The van der Waals surface area contributed by atoms with E-state index >= 15 is 8.78 Å². The quantitative estimate of drug-likeness (QED) is 0.603. The van der Waals surface area contributed by atoms with Crippen molar-refractivity contribution in [1.82, 2.24) is 15.8 Å². The van der Waals surface area contributed by atoms with Crippen LogP contribution in [0.1, 0.15) is 20.8 Å². The van der Waals surface area contributed by atoms with Crippen molar-refractivity contribution >= 4 is 41.0 Å². The summed E-state index contributed by atoms with van der Waals surface area (Å²) >= 11 is 4.88. The van der Waals surface area contributed by atoms with Crippen molar-refractivity contribution in [3.8, 4) is 0 Å². The maximum Gasteiger partial charge on any atom is 0.424 e. The van der Waals surface area contributed by atoms with Crippen molar-refractivity contribution < 1.29 is 32.6 Å². The van der Waals surface area contributed by atoms with Crippen molar-refractivity contribution in [2.45, 2.75) is 32.5 Å². The predicted molar refractivity (Wildman–Crippen MR) is 125 cm³/mol. The molecule has 2 amide bonds. The van der Waals surface area contributed by atoms with Gasteiger partial charge in [-0.1, -0.05) is 0 Å². The van der Waals surface area contributed by atoms with E-state index in [0.29, 0.717) is 0 Å². The van der Waals surface area contributed by atoms with Gasteiger partial charge in [0.1, 0.15) is 17.4 Å². The number of thiocarbonyl (C=S) groups is 1. The normalized spacial score (nSPS) is 18.9. The number of cyclic esters (lactones) is 1. The monoisotopic (exact) mass is 501 g/mol. The number of carbonyl (C=O) groups is 2. The van der Waals surface area contributed by atoms with Gasteiger partial charge in [-0.2, -0.15) is 0 Å². The molecule has 0 aromatic heterocycles. The minimum absolute atomic E-state index is 0.0453. The van der Waals surface area contributed by atoms with Crippen molar-refractivity contribution in [2.24, 2.45) is 0 Å². The minimum Gasteiger partial charge on any atom is -0.474 e. The second-order valence-electron chi connectivity index (χ2n) is 8.77. The molecule has 0 unspecified atom stereocenters. The average molecular weight is 502 g/mol. The Morgan fingerprint density at radius 2 is 1.94 bits per heavy atom. The third kappa shape index (κ3) is 6.35. The summed E-state index contributed by atoms with van der Waals surface area (Å²) in [5, 5.41) is 4.22. The van der Waals surface area contributed by atoms with Gasteiger partial charge in [-0.25, -0.2) is 28.8 Å². The minimum atomic E-state index is -0.823. The molecule has 2 N–H and O–H groups in total. The highest BCUT2D eigenvalue weighted by Crippen LogP contribution is 2.31. The van der Waals surface area contributed by atoms with Crippen LogP contribution in [-0.2, 0) is 14.2 Å². The number of benzene rings is 1. The first-order chi connectivity index (χ1) is 16.0. The van der Waals surface area contributed by atoms with Gasteiger partial charge in [0.15, 0.2) is 11.6 Å². The number of anilines is 2. The van der Waals surface area contributed by atoms with Crippen molar-refractivity contribution in [1.29, 1.82) is 0 Å². The van der Waals surface area contributed by atoms with Crippen molar-refractivity contribution in [3.05, 3.63) is 23.8 Å². The number of nitrogens with one attached hydrogen (secondary N) is 2. The summed E-state index contributed by atoms with van der Waals surface area (Å²) < 4.78 is 45.5. The van der Waals surface area contributed by atoms with E-state index in [4.69, 9.17) is 26.4 Å². The number of amides is 2. The van der Waals surface area contributed by atoms with Crippen LogP contribution in [-0.4, -0.2) is 80.5 Å². The zero-order chi connectivity index (χ0) is 25.0. The van der Waals surface area contributed by atoms with Gasteiger partial charge in [0.05, 0.1) is 32.4 Å². The molecule has 2 fully saturated rings. The van der Waals surface area contributed by atoms with E-state index in [0.717, 1.165) is 17.0 Å². The van der Waals surface area contributed by atoms with Crippen LogP contribution in [0, 0.1) is 11.6 Å². The zero-order valence-corrected chi connectivity index (χ0v) is 20.3. The Hall–Kier alpha value is -2.93. The van der Waals surface area contributed by atoms with Crippen LogP contribution in [0.5, 0.6) is 0 Å². The van der Waals surface area contributed by atoms with Crippen molar-refractivity contribution in [3.63, 3.8) is 0 Å². The van der Waals surface area contributed by atoms with Crippen LogP contribution < -0.4 is 20.5 Å². The Morgan fingerprint density at radius 1 is 1.26 bits per heavy atom. The lowest BCUT2D eigenvalue weighted by Gasteiger charge is -2.27. The number of hydrogen-bond donors (Lipinski definition) is 2. The molecule has 13 heteroatoms. The Morgan fingerprint density at radius 3 is 2.56 bits per heavy atom. The van der Waals surface area contributed by atoms with E-state index in [1.165, 1.54) is 17.0 Å². The number of methoxy groups -OCH3 is 1. The van der Waals surface area contributed by atoms with Crippen LogP contribution in [0.25, 0.3) is 0 Å². The summed E-state index contributed by atoms with van der Waals surface area (Å²) in [4.78, 5) is 27.2. The van der Waals surface area contributed by atoms with E-state index in [1.54, 1.807) is 20.8 Å². The van der Waals surface area contributed by atoms with Gasteiger partial charge in [-0.15, -0.1) is 0 Å². The molecule has 10 nitrogen and oxygen atoms in total. The summed E-state index contributed by atoms with van der Waals surface area (Å²) in [6, 6.07) is 2.19. The third-order valence-electron chi connectivity index (χ3n) is 5.05. The predicted octanol–water partition coefficient (Wildman–Crippen LogP) is 2.37. The van der Waals surface area contributed by atoms with Gasteiger partial charge >= 0.3 is 12.2 Å². The second-order valence-corrected chi connectivity index (χ2v) is 9.14. The van der Waals surface area contributed by atoms with Gasteiger partial charge in [0, 0.05) is 31.8 Å². The number of halogens is 2. The van der Waals surface area contributed by atoms with Crippen LogP contribution in [0.15, 0.2) is 12.1 Å². The Kier molecular flexibility index (Phi) is 7.97. The number of rotatable bonds is 4. The first-order valence-corrected chi connectivity index (χ1v) is 11.2. The molecule has 1 aromatic carbocycles. The van der Waals surface area contributed by atoms with Gasteiger partial charge in [-0.05, 0) is 33.0 Å². The molecule has 0 radical (unpaired) electrons. The molecule has 0 aliphatic carbocycles. The number of nitrogens with zero attached hydrogens (tertiary/aromatic N) is 3. The van der Waals surface area contributed by atoms with E-state index in [1.807, 2.05) is 0 Å². The fourth-order valence-electron chi connectivity index (χ4n) is 3.55. The highest BCUT2D eigenvalue weighted by atomic mass is 32.1. The SMILES string of the molecule is COC(=S)NC[C@H]1CN(c2cc(F)c(N3CCNN(C(=O)OC(C)(C)C)CC3)c(F)c2)C(=O)O1. The number of hydrazine groups is 1. The van der Waals surface area contributed by atoms with Gasteiger partial charge in [0.25, 0.3) is 5.17 Å². The molecule has 1 aromatic rings. The topological polar surface area (TPSA) is 95.6 Å². The largest absolute Gasteiger partial charge is 0.474 e. The molecule has 0 spiro atoms. The molecular formula is C21H29F2N5O5S. The fraction of sp³-hybridized carbons (Fsp3) is 0.571. The molecule has 2 saturated heterocycles. The average Bonchev–Trinajstić information content (AvgIpc) is 2.95. The number of ether oxygens (including phenoxy) is 3. The molecule has 2 heterocycles. The smallest absolute Gasteiger partial charge is 0.424 e. The molecule has 3 rings (SSSR count). The lowest BCUT2D eigenvalue weighted by Crippen LogP contribution is -2.46. The molecule has 0 bridgehead atoms. The first-order valence-electron chi connectivity index (χ1n) is 10.8. The maximum absolute atomic E-state index is 15.1. The summed E-state index contributed by atoms with van der Waals surface area (Å²) in [7, 11) is 1.41. The summed E-state index contributed by atoms with van der Waals surface area (Å²) in [5.41, 5.74) is 2.06. The van der Waals surface area contributed by atoms with E-state index in [9.17, 15) is 9.59 Å². The van der Waals surface area contributed by atoms with Crippen molar-refractivity contribution in [2.75, 3.05) is 56.2 Å². The molecular weight excluding hydrogens is 472 g/mol. The zero-order valence-electron chi connectivity index (χ0n) is 19.5. The number of hydrogen-bond acceptors (Lipinski definition) is 8. The summed E-state index contributed by atoms with van der Waals surface area (Å²) in [5.74, 6) is -1.65. The summed E-state index contributed by atoms with van der Waals surface area (Å²) in [6.45, 7) is 6.42. The number of carbonyl (C=O) groups excluding carboxylic acids is 2. The van der Waals surface area contributed by atoms with E-state index in [2.05, 4.69) is 10.7 Å². The Labute approximate surface area is 202 Å². The maximum atomic E-state index is 15.1. The lowest BCUT2D eigenvalue weighted by atomic mass is 10.2. The Bertz CT molecular complexity index is 922. The molecule has 2 aliphatic heterocycles. The van der Waals surface area contributed by atoms with E-state index in [-0.39, 0.29) is 55.8 Å². The van der Waals surface area contributed by atoms with Crippen LogP contribution in [0.4, 0.5) is 29.7 Å².